The molecule has 1 saturated heterocycles. The number of hydrogen-bond acceptors (Lipinski definition) is 4. The number of urea groups is 1. The molecule has 3 aromatic carbocycles. The summed E-state index contributed by atoms with van der Waals surface area (Å²) in [6.07, 6.45) is 7.94. The van der Waals surface area contributed by atoms with Gasteiger partial charge in [-0.3, -0.25) is 4.90 Å². The maximum atomic E-state index is 13.7. The number of hydrogen-bond donors (Lipinski definition) is 2. The number of nitrogens with one attached hydrogen (secondary N) is 2. The topological polar surface area (TPSA) is 56.8 Å². The van der Waals surface area contributed by atoms with E-state index in [1.807, 2.05) is 0 Å². The van der Waals surface area contributed by atoms with Crippen molar-refractivity contribution in [3.63, 3.8) is 0 Å². The van der Waals surface area contributed by atoms with Gasteiger partial charge in [-0.1, -0.05) is 92.1 Å². The molecule has 3 aromatic rings. The van der Waals surface area contributed by atoms with E-state index < -0.39 is 0 Å². The minimum absolute atomic E-state index is 0.112. The zero-order valence-electron chi connectivity index (χ0n) is 25.3. The highest BCUT2D eigenvalue weighted by Crippen LogP contribution is 2.25. The summed E-state index contributed by atoms with van der Waals surface area (Å²) in [7, 11) is 1.73. The van der Waals surface area contributed by atoms with Crippen molar-refractivity contribution in [3.05, 3.63) is 95.6 Å². The molecule has 2 fully saturated rings. The molecular weight excluding hydrogens is 520 g/mol. The molecule has 6 nitrogen and oxygen atoms in total. The fourth-order valence-electron chi connectivity index (χ4n) is 6.37. The maximum absolute atomic E-state index is 13.7. The van der Waals surface area contributed by atoms with Gasteiger partial charge in [-0.25, -0.2) is 4.79 Å². The van der Waals surface area contributed by atoms with Gasteiger partial charge < -0.3 is 20.3 Å². The van der Waals surface area contributed by atoms with Gasteiger partial charge in [0.2, 0.25) is 0 Å². The van der Waals surface area contributed by atoms with Crippen molar-refractivity contribution in [3.8, 4) is 11.1 Å². The second-order valence-electron chi connectivity index (χ2n) is 12.0. The van der Waals surface area contributed by atoms with E-state index in [-0.39, 0.29) is 12.1 Å². The summed E-state index contributed by atoms with van der Waals surface area (Å²) < 4.78 is 5.14. The summed E-state index contributed by atoms with van der Waals surface area (Å²) >= 11 is 0. The SMILES string of the molecule is COCCNCc1cccc(-c2ccc(CN(C(=O)NC3CCCCC3)C3CCN(Cc4ccccc4)CC3)cc2)c1. The highest BCUT2D eigenvalue weighted by Gasteiger charge is 2.29. The Morgan fingerprint density at radius 1 is 0.833 bits per heavy atom. The van der Waals surface area contributed by atoms with Gasteiger partial charge in [-0.2, -0.15) is 0 Å². The van der Waals surface area contributed by atoms with Crippen LogP contribution in [0.25, 0.3) is 11.1 Å². The van der Waals surface area contributed by atoms with E-state index in [0.29, 0.717) is 19.2 Å². The normalized spacial score (nSPS) is 16.8. The first-order valence-electron chi connectivity index (χ1n) is 15.9. The van der Waals surface area contributed by atoms with Crippen LogP contribution in [0.1, 0.15) is 61.6 Å². The molecule has 0 bridgehead atoms. The van der Waals surface area contributed by atoms with Crippen LogP contribution >= 0.6 is 0 Å². The third-order valence-electron chi connectivity index (χ3n) is 8.82. The summed E-state index contributed by atoms with van der Waals surface area (Å²) in [6, 6.07) is 28.9. The van der Waals surface area contributed by atoms with Crippen LogP contribution in [-0.4, -0.2) is 61.3 Å². The second kappa shape index (κ2) is 15.9. The average Bonchev–Trinajstić information content (AvgIpc) is 3.04. The number of carbonyl (C=O) groups is 1. The molecular formula is C36H48N4O2. The van der Waals surface area contributed by atoms with E-state index in [2.05, 4.69) is 99.3 Å². The fraction of sp³-hybridized carbons (Fsp3) is 0.472. The zero-order chi connectivity index (χ0) is 29.0. The fourth-order valence-corrected chi connectivity index (χ4v) is 6.37. The first-order chi connectivity index (χ1) is 20.7. The molecule has 2 aliphatic rings. The highest BCUT2D eigenvalue weighted by molar-refractivity contribution is 5.75. The van der Waals surface area contributed by atoms with E-state index in [1.54, 1.807) is 7.11 Å². The van der Waals surface area contributed by atoms with Crippen LogP contribution in [-0.2, 0) is 24.4 Å². The average molecular weight is 569 g/mol. The number of nitrogens with zero attached hydrogens (tertiary/aromatic N) is 2. The summed E-state index contributed by atoms with van der Waals surface area (Å²) in [6.45, 7) is 6.03. The summed E-state index contributed by atoms with van der Waals surface area (Å²) in [5, 5.41) is 6.84. The lowest BCUT2D eigenvalue weighted by molar-refractivity contribution is 0.110. The molecule has 6 heteroatoms. The van der Waals surface area contributed by atoms with Crippen LogP contribution in [0.2, 0.25) is 0 Å². The highest BCUT2D eigenvalue weighted by atomic mass is 16.5. The summed E-state index contributed by atoms with van der Waals surface area (Å²) in [4.78, 5) is 18.4. The Kier molecular flexibility index (Phi) is 11.4. The van der Waals surface area contributed by atoms with Gasteiger partial charge in [0.05, 0.1) is 6.61 Å². The number of methoxy groups -OCH3 is 1. The van der Waals surface area contributed by atoms with Crippen molar-refractivity contribution in [2.75, 3.05) is 33.4 Å². The van der Waals surface area contributed by atoms with Gasteiger partial charge in [0.25, 0.3) is 0 Å². The zero-order valence-corrected chi connectivity index (χ0v) is 25.3. The van der Waals surface area contributed by atoms with Crippen molar-refractivity contribution < 1.29 is 9.53 Å². The lowest BCUT2D eigenvalue weighted by Crippen LogP contribution is -2.52. The maximum Gasteiger partial charge on any atom is 0.318 e. The lowest BCUT2D eigenvalue weighted by Gasteiger charge is -2.39. The summed E-state index contributed by atoms with van der Waals surface area (Å²) in [5.41, 5.74) is 6.21. The Morgan fingerprint density at radius 3 is 2.31 bits per heavy atom. The number of rotatable bonds is 12. The molecule has 1 heterocycles. The minimum Gasteiger partial charge on any atom is -0.383 e. The molecule has 5 rings (SSSR count). The van der Waals surface area contributed by atoms with Gasteiger partial charge in [-0.05, 0) is 59.6 Å². The van der Waals surface area contributed by atoms with Crippen molar-refractivity contribution in [1.82, 2.24) is 20.4 Å². The van der Waals surface area contributed by atoms with Gasteiger partial charge >= 0.3 is 6.03 Å². The van der Waals surface area contributed by atoms with E-state index >= 15 is 0 Å². The van der Waals surface area contributed by atoms with Crippen molar-refractivity contribution in [2.24, 2.45) is 0 Å². The Labute approximate surface area is 252 Å². The number of ether oxygens (including phenoxy) is 1. The van der Waals surface area contributed by atoms with Gasteiger partial charge in [0.15, 0.2) is 0 Å². The molecule has 2 N–H and O–H groups in total. The molecule has 1 saturated carbocycles. The molecule has 0 atom stereocenters. The number of benzene rings is 3. The molecule has 224 valence electrons. The molecule has 0 spiro atoms. The van der Waals surface area contributed by atoms with Crippen LogP contribution in [0.5, 0.6) is 0 Å². The molecule has 1 aliphatic heterocycles. The Morgan fingerprint density at radius 2 is 1.57 bits per heavy atom. The largest absolute Gasteiger partial charge is 0.383 e. The number of piperidine rings is 1. The second-order valence-corrected chi connectivity index (χ2v) is 12.0. The standard InChI is InChI=1S/C36H48N4O2/c1-42-24-21-37-26-31-11-8-12-33(25-31)32-17-15-30(16-18-32)28-40(36(41)38-34-13-6-3-7-14-34)35-19-22-39(23-20-35)27-29-9-4-2-5-10-29/h2,4-5,8-12,15-18,25,34-35,37H,3,6-7,13-14,19-24,26-28H2,1H3,(H,38,41). The van der Waals surface area contributed by atoms with Crippen LogP contribution in [0.15, 0.2) is 78.9 Å². The van der Waals surface area contributed by atoms with Crippen LogP contribution in [0, 0.1) is 0 Å². The van der Waals surface area contributed by atoms with Gasteiger partial charge in [0.1, 0.15) is 0 Å². The number of likely N-dealkylation sites (tertiary alicyclic amines) is 1. The number of amides is 2. The quantitative estimate of drug-likeness (QED) is 0.242. The van der Waals surface area contributed by atoms with E-state index in [4.69, 9.17) is 4.74 Å². The van der Waals surface area contributed by atoms with Gasteiger partial charge in [0, 0.05) is 58.5 Å². The molecule has 0 aromatic heterocycles. The van der Waals surface area contributed by atoms with Gasteiger partial charge in [-0.15, -0.1) is 0 Å². The van der Waals surface area contributed by atoms with Crippen molar-refractivity contribution in [2.45, 2.75) is 76.7 Å². The van der Waals surface area contributed by atoms with Crippen LogP contribution in [0.3, 0.4) is 0 Å². The first kappa shape index (κ1) is 30.3. The molecule has 42 heavy (non-hydrogen) atoms. The lowest BCUT2D eigenvalue weighted by atomic mass is 9.95. The third kappa shape index (κ3) is 8.90. The van der Waals surface area contributed by atoms with Crippen molar-refractivity contribution in [1.29, 1.82) is 0 Å². The minimum atomic E-state index is 0.112. The number of carbonyl (C=O) groups excluding carboxylic acids is 1. The molecule has 0 radical (unpaired) electrons. The monoisotopic (exact) mass is 568 g/mol. The van der Waals surface area contributed by atoms with Crippen molar-refractivity contribution >= 4 is 6.03 Å². The predicted molar refractivity (Wildman–Crippen MR) is 171 cm³/mol. The van der Waals surface area contributed by atoms with E-state index in [1.165, 1.54) is 47.1 Å². The van der Waals surface area contributed by atoms with E-state index in [9.17, 15) is 4.79 Å². The molecule has 1 aliphatic carbocycles. The third-order valence-corrected chi connectivity index (χ3v) is 8.82. The van der Waals surface area contributed by atoms with Crippen LogP contribution < -0.4 is 10.6 Å². The van der Waals surface area contributed by atoms with E-state index in [0.717, 1.165) is 58.4 Å². The Hall–Kier alpha value is -3.19. The Balaban J connectivity index is 1.23. The predicted octanol–water partition coefficient (Wildman–Crippen LogP) is 6.60. The smallest absolute Gasteiger partial charge is 0.318 e. The van der Waals surface area contributed by atoms with Crippen LogP contribution in [0.4, 0.5) is 4.79 Å². The molecule has 2 amide bonds. The molecule has 0 unspecified atom stereocenters. The first-order valence-corrected chi connectivity index (χ1v) is 15.9. The summed E-state index contributed by atoms with van der Waals surface area (Å²) in [5.74, 6) is 0. The Bertz CT molecular complexity index is 1220.